The van der Waals surface area contributed by atoms with Gasteiger partial charge in [-0.15, -0.1) is 0 Å². The molecular formula is C20H21ClN4O3S. The number of para-hydroxylation sites is 2. The molecule has 1 aliphatic rings. The summed E-state index contributed by atoms with van der Waals surface area (Å²) < 4.78 is 29.2. The molecule has 2 heterocycles. The van der Waals surface area contributed by atoms with Crippen LogP contribution in [-0.4, -0.2) is 41.4 Å². The largest absolute Gasteiger partial charge is 0.270 e. The van der Waals surface area contributed by atoms with Gasteiger partial charge in [-0.1, -0.05) is 30.7 Å². The molecule has 4 rings (SSSR count). The maximum Gasteiger partial charge on any atom is 0.270 e. The van der Waals surface area contributed by atoms with Crippen molar-refractivity contribution in [2.24, 2.45) is 5.92 Å². The van der Waals surface area contributed by atoms with Crippen molar-refractivity contribution < 1.29 is 13.2 Å². The zero-order valence-electron chi connectivity index (χ0n) is 15.9. The van der Waals surface area contributed by atoms with E-state index in [0.717, 1.165) is 23.9 Å². The van der Waals surface area contributed by atoms with Crippen LogP contribution in [0.5, 0.6) is 0 Å². The molecule has 0 aliphatic carbocycles. The number of hydrogen-bond donors (Lipinski definition) is 1. The Balaban J connectivity index is 1.63. The molecule has 1 atom stereocenters. The van der Waals surface area contributed by atoms with Crippen LogP contribution in [0.25, 0.3) is 11.0 Å². The van der Waals surface area contributed by atoms with Crippen LogP contribution in [0.15, 0.2) is 53.7 Å². The number of halogens is 1. The third-order valence-corrected chi connectivity index (χ3v) is 7.45. The SMILES string of the molecule is CC1CCCN(S(=O)(=O)c2cc(C(=O)Nn3cnc4ccccc43)ccc2Cl)C1. The minimum Gasteiger partial charge on any atom is -0.267 e. The molecule has 7 nitrogen and oxygen atoms in total. The summed E-state index contributed by atoms with van der Waals surface area (Å²) in [7, 11) is -3.78. The van der Waals surface area contributed by atoms with Crippen LogP contribution in [0.1, 0.15) is 30.1 Å². The highest BCUT2D eigenvalue weighted by Crippen LogP contribution is 2.29. The highest BCUT2D eigenvalue weighted by Gasteiger charge is 2.31. The minimum atomic E-state index is -3.78. The van der Waals surface area contributed by atoms with Crippen molar-refractivity contribution >= 4 is 38.6 Å². The molecule has 0 saturated carbocycles. The number of amides is 1. The fourth-order valence-corrected chi connectivity index (χ4v) is 5.67. The number of nitrogens with zero attached hydrogens (tertiary/aromatic N) is 3. The van der Waals surface area contributed by atoms with Gasteiger partial charge < -0.3 is 0 Å². The van der Waals surface area contributed by atoms with Crippen molar-refractivity contribution in [3.63, 3.8) is 0 Å². The van der Waals surface area contributed by atoms with Crippen molar-refractivity contribution in [3.05, 3.63) is 59.4 Å². The highest BCUT2D eigenvalue weighted by molar-refractivity contribution is 7.89. The van der Waals surface area contributed by atoms with Crippen LogP contribution in [0.2, 0.25) is 5.02 Å². The van der Waals surface area contributed by atoms with E-state index in [9.17, 15) is 13.2 Å². The second kappa shape index (κ2) is 7.78. The lowest BCUT2D eigenvalue weighted by molar-refractivity contribution is 0.101. The smallest absolute Gasteiger partial charge is 0.267 e. The van der Waals surface area contributed by atoms with E-state index >= 15 is 0 Å². The first-order valence-corrected chi connectivity index (χ1v) is 11.2. The van der Waals surface area contributed by atoms with E-state index in [1.807, 2.05) is 31.2 Å². The minimum absolute atomic E-state index is 0.0450. The maximum absolute atomic E-state index is 13.1. The number of rotatable bonds is 4. The summed E-state index contributed by atoms with van der Waals surface area (Å²) in [5.74, 6) is -0.161. The third kappa shape index (κ3) is 3.88. The van der Waals surface area contributed by atoms with Crippen molar-refractivity contribution in [3.8, 4) is 0 Å². The van der Waals surface area contributed by atoms with Gasteiger partial charge in [0.05, 0.1) is 16.1 Å². The van der Waals surface area contributed by atoms with E-state index < -0.39 is 15.9 Å². The Hall–Kier alpha value is -2.42. The molecule has 2 aromatic carbocycles. The van der Waals surface area contributed by atoms with E-state index in [1.54, 1.807) is 0 Å². The van der Waals surface area contributed by atoms with Gasteiger partial charge in [0.2, 0.25) is 10.0 Å². The molecule has 1 unspecified atom stereocenters. The Labute approximate surface area is 174 Å². The van der Waals surface area contributed by atoms with Crippen LogP contribution in [0.4, 0.5) is 0 Å². The molecule has 1 aliphatic heterocycles. The van der Waals surface area contributed by atoms with Crippen LogP contribution >= 0.6 is 11.6 Å². The number of fused-ring (bicyclic) bond motifs is 1. The summed E-state index contributed by atoms with van der Waals surface area (Å²) in [6.07, 6.45) is 3.32. The molecule has 0 spiro atoms. The first-order valence-electron chi connectivity index (χ1n) is 9.39. The molecule has 1 amide bonds. The summed E-state index contributed by atoms with van der Waals surface area (Å²) in [6.45, 7) is 2.94. The van der Waals surface area contributed by atoms with E-state index in [1.165, 1.54) is 33.5 Å². The molecule has 1 fully saturated rings. The second-order valence-corrected chi connectivity index (χ2v) is 9.61. The zero-order chi connectivity index (χ0) is 20.6. The second-order valence-electron chi connectivity index (χ2n) is 7.30. The van der Waals surface area contributed by atoms with E-state index in [0.29, 0.717) is 19.0 Å². The van der Waals surface area contributed by atoms with Crippen molar-refractivity contribution in [2.75, 3.05) is 18.5 Å². The fourth-order valence-electron chi connectivity index (χ4n) is 3.57. The number of benzene rings is 2. The van der Waals surface area contributed by atoms with Gasteiger partial charge in [-0.2, -0.15) is 4.31 Å². The normalized spacial score (nSPS) is 18.1. The molecular weight excluding hydrogens is 412 g/mol. The van der Waals surface area contributed by atoms with Gasteiger partial charge in [0, 0.05) is 18.7 Å². The van der Waals surface area contributed by atoms with Gasteiger partial charge in [-0.25, -0.2) is 18.1 Å². The number of aromatic nitrogens is 2. The summed E-state index contributed by atoms with van der Waals surface area (Å²) in [6, 6.07) is 11.7. The van der Waals surface area contributed by atoms with Gasteiger partial charge in [-0.05, 0) is 49.1 Å². The molecule has 29 heavy (non-hydrogen) atoms. The lowest BCUT2D eigenvalue weighted by Crippen LogP contribution is -2.39. The van der Waals surface area contributed by atoms with Crippen LogP contribution in [-0.2, 0) is 10.0 Å². The summed E-state index contributed by atoms with van der Waals surface area (Å²) in [5.41, 5.74) is 4.42. The van der Waals surface area contributed by atoms with Gasteiger partial charge in [0.15, 0.2) is 0 Å². The molecule has 1 N–H and O–H groups in total. The van der Waals surface area contributed by atoms with Crippen LogP contribution < -0.4 is 5.43 Å². The predicted octanol–water partition coefficient (Wildman–Crippen LogP) is 3.49. The standard InChI is InChI=1S/C20H21ClN4O3S/c1-14-5-4-10-24(12-14)29(27,28)19-11-15(8-9-16(19)21)20(26)23-25-13-22-17-6-2-3-7-18(17)25/h2-3,6-9,11,13-14H,4-5,10,12H2,1H3,(H,23,26). The predicted molar refractivity (Wildman–Crippen MR) is 112 cm³/mol. The summed E-state index contributed by atoms with van der Waals surface area (Å²) >= 11 is 6.21. The number of imidazole rings is 1. The number of carbonyl (C=O) groups excluding carboxylic acids is 1. The van der Waals surface area contributed by atoms with E-state index in [2.05, 4.69) is 10.4 Å². The number of hydrogen-bond acceptors (Lipinski definition) is 4. The van der Waals surface area contributed by atoms with Gasteiger partial charge in [-0.3, -0.25) is 10.2 Å². The van der Waals surface area contributed by atoms with Gasteiger partial charge in [0.1, 0.15) is 11.2 Å². The lowest BCUT2D eigenvalue weighted by atomic mass is 10.0. The van der Waals surface area contributed by atoms with E-state index in [4.69, 9.17) is 11.6 Å². The average Bonchev–Trinajstić information content (AvgIpc) is 3.11. The fraction of sp³-hybridized carbons (Fsp3) is 0.300. The Morgan fingerprint density at radius 3 is 2.83 bits per heavy atom. The Bertz CT molecular complexity index is 1180. The van der Waals surface area contributed by atoms with Crippen molar-refractivity contribution in [1.82, 2.24) is 14.0 Å². The first-order chi connectivity index (χ1) is 13.9. The molecule has 0 radical (unpaired) electrons. The molecule has 0 bridgehead atoms. The maximum atomic E-state index is 13.1. The van der Waals surface area contributed by atoms with Crippen LogP contribution in [0, 0.1) is 5.92 Å². The number of nitrogens with one attached hydrogen (secondary N) is 1. The number of piperidine rings is 1. The zero-order valence-corrected chi connectivity index (χ0v) is 17.4. The molecule has 1 saturated heterocycles. The monoisotopic (exact) mass is 432 g/mol. The Morgan fingerprint density at radius 2 is 2.03 bits per heavy atom. The molecule has 152 valence electrons. The Morgan fingerprint density at radius 1 is 1.24 bits per heavy atom. The molecule has 1 aromatic heterocycles. The van der Waals surface area contributed by atoms with Gasteiger partial charge >= 0.3 is 0 Å². The molecule has 9 heteroatoms. The topological polar surface area (TPSA) is 84.3 Å². The highest BCUT2D eigenvalue weighted by atomic mass is 35.5. The van der Waals surface area contributed by atoms with Gasteiger partial charge in [0.25, 0.3) is 5.91 Å². The third-order valence-electron chi connectivity index (χ3n) is 5.11. The van der Waals surface area contributed by atoms with Crippen molar-refractivity contribution in [1.29, 1.82) is 0 Å². The number of sulfonamides is 1. The average molecular weight is 433 g/mol. The van der Waals surface area contributed by atoms with Crippen LogP contribution in [0.3, 0.4) is 0 Å². The first kappa shape index (κ1) is 19.9. The summed E-state index contributed by atoms with van der Waals surface area (Å²) in [5, 5.41) is 0.104. The van der Waals surface area contributed by atoms with Crippen molar-refractivity contribution in [2.45, 2.75) is 24.7 Å². The quantitative estimate of drug-likeness (QED) is 0.683. The molecule has 3 aromatic rings. The lowest BCUT2D eigenvalue weighted by Gasteiger charge is -2.30. The number of carbonyl (C=O) groups is 1. The Kier molecular flexibility index (Phi) is 5.33. The summed E-state index contributed by atoms with van der Waals surface area (Å²) in [4.78, 5) is 16.9. The van der Waals surface area contributed by atoms with E-state index in [-0.39, 0.29) is 15.5 Å².